The number of nitriles is 2. The van der Waals surface area contributed by atoms with Crippen molar-refractivity contribution in [1.29, 1.82) is 10.5 Å². The Kier molecular flexibility index (Phi) is 3.37. The van der Waals surface area contributed by atoms with E-state index in [9.17, 15) is 15.6 Å². The standard InChI is InChI=1S/C13H10N4OS/c14-5-9-11(7-1-3-8(18)4-2-7)10(6-15)13(17)19-12(9)16/h1-4,11,18H,16-17H2. The van der Waals surface area contributed by atoms with Crippen LogP contribution in [0.2, 0.25) is 0 Å². The molecule has 0 radical (unpaired) electrons. The monoisotopic (exact) mass is 270 g/mol. The fraction of sp³-hybridized carbons (Fsp3) is 0.0769. The van der Waals surface area contributed by atoms with Crippen LogP contribution in [0.25, 0.3) is 0 Å². The third-order valence-corrected chi connectivity index (χ3v) is 3.68. The lowest BCUT2D eigenvalue weighted by molar-refractivity contribution is 0.475. The lowest BCUT2D eigenvalue weighted by atomic mass is 9.86. The van der Waals surface area contributed by atoms with Crippen molar-refractivity contribution in [2.75, 3.05) is 0 Å². The van der Waals surface area contributed by atoms with Gasteiger partial charge >= 0.3 is 0 Å². The Hall–Kier alpha value is -2.57. The number of benzene rings is 1. The van der Waals surface area contributed by atoms with Crippen LogP contribution in [0.1, 0.15) is 11.5 Å². The summed E-state index contributed by atoms with van der Waals surface area (Å²) < 4.78 is 0. The number of hydrogen-bond donors (Lipinski definition) is 3. The predicted molar refractivity (Wildman–Crippen MR) is 72.1 cm³/mol. The van der Waals surface area contributed by atoms with Gasteiger partial charge in [-0.2, -0.15) is 10.5 Å². The zero-order valence-electron chi connectivity index (χ0n) is 9.79. The van der Waals surface area contributed by atoms with Crippen molar-refractivity contribution in [3.05, 3.63) is 51.0 Å². The van der Waals surface area contributed by atoms with E-state index in [1.54, 1.807) is 12.1 Å². The van der Waals surface area contributed by atoms with Crippen LogP contribution in [0, 0.1) is 22.7 Å². The highest BCUT2D eigenvalue weighted by atomic mass is 32.2. The number of phenolic OH excluding ortho intramolecular Hbond substituents is 1. The Morgan fingerprint density at radius 2 is 1.47 bits per heavy atom. The van der Waals surface area contributed by atoms with Crippen LogP contribution in [0.5, 0.6) is 5.75 Å². The number of hydrogen-bond acceptors (Lipinski definition) is 6. The highest BCUT2D eigenvalue weighted by molar-refractivity contribution is 8.06. The molecular formula is C13H10N4OS. The molecule has 1 aliphatic heterocycles. The van der Waals surface area contributed by atoms with Crippen molar-refractivity contribution in [2.45, 2.75) is 5.92 Å². The maximum absolute atomic E-state index is 9.30. The van der Waals surface area contributed by atoms with Crippen LogP contribution in [0.3, 0.4) is 0 Å². The van der Waals surface area contributed by atoms with E-state index < -0.39 is 5.92 Å². The molecule has 5 N–H and O–H groups in total. The van der Waals surface area contributed by atoms with Crippen molar-refractivity contribution < 1.29 is 5.11 Å². The third kappa shape index (κ3) is 2.22. The maximum atomic E-state index is 9.30. The number of nitrogens with two attached hydrogens (primary N) is 2. The van der Waals surface area contributed by atoms with Crippen molar-refractivity contribution in [3.63, 3.8) is 0 Å². The summed E-state index contributed by atoms with van der Waals surface area (Å²) in [6, 6.07) is 10.3. The van der Waals surface area contributed by atoms with Gasteiger partial charge in [0.25, 0.3) is 0 Å². The zero-order valence-corrected chi connectivity index (χ0v) is 10.6. The molecule has 0 unspecified atom stereocenters. The summed E-state index contributed by atoms with van der Waals surface area (Å²) >= 11 is 1.03. The molecule has 0 amide bonds. The molecule has 0 spiro atoms. The largest absolute Gasteiger partial charge is 0.508 e. The van der Waals surface area contributed by atoms with Gasteiger partial charge in [-0.25, -0.2) is 0 Å². The second kappa shape index (κ2) is 4.97. The van der Waals surface area contributed by atoms with Gasteiger partial charge in [-0.05, 0) is 17.7 Å². The molecule has 1 heterocycles. The van der Waals surface area contributed by atoms with Gasteiger partial charge in [-0.3, -0.25) is 0 Å². The molecule has 0 bridgehead atoms. The van der Waals surface area contributed by atoms with Crippen molar-refractivity contribution in [3.8, 4) is 17.9 Å². The molecule has 19 heavy (non-hydrogen) atoms. The Morgan fingerprint density at radius 3 is 1.89 bits per heavy atom. The molecule has 1 aliphatic rings. The number of rotatable bonds is 1. The summed E-state index contributed by atoms with van der Waals surface area (Å²) in [7, 11) is 0. The van der Waals surface area contributed by atoms with Gasteiger partial charge in [0.1, 0.15) is 5.75 Å². The van der Waals surface area contributed by atoms with E-state index in [0.29, 0.717) is 26.8 Å². The molecule has 2 rings (SSSR count). The molecule has 6 heteroatoms. The third-order valence-electron chi connectivity index (χ3n) is 2.80. The van der Waals surface area contributed by atoms with E-state index >= 15 is 0 Å². The minimum Gasteiger partial charge on any atom is -0.508 e. The normalized spacial score (nSPS) is 16.1. The van der Waals surface area contributed by atoms with Crippen LogP contribution < -0.4 is 11.5 Å². The first-order chi connectivity index (χ1) is 9.08. The van der Waals surface area contributed by atoms with E-state index in [1.165, 1.54) is 12.1 Å². The number of allylic oxidation sites excluding steroid dienone is 2. The average molecular weight is 270 g/mol. The quantitative estimate of drug-likeness (QED) is 0.713. The fourth-order valence-corrected chi connectivity index (χ4v) is 2.68. The predicted octanol–water partition coefficient (Wildman–Crippen LogP) is 1.61. The summed E-state index contributed by atoms with van der Waals surface area (Å²) in [4.78, 5) is 0. The van der Waals surface area contributed by atoms with E-state index in [1.807, 2.05) is 12.1 Å². The molecule has 94 valence electrons. The number of nitrogens with zero attached hydrogens (tertiary/aromatic N) is 2. The highest BCUT2D eigenvalue weighted by Gasteiger charge is 2.30. The van der Waals surface area contributed by atoms with E-state index in [-0.39, 0.29) is 5.75 Å². The van der Waals surface area contributed by atoms with Crippen LogP contribution >= 0.6 is 11.8 Å². The Bertz CT molecular complexity index is 625. The molecule has 0 saturated heterocycles. The van der Waals surface area contributed by atoms with E-state index in [0.717, 1.165) is 11.8 Å². The van der Waals surface area contributed by atoms with Crippen LogP contribution in [0.4, 0.5) is 0 Å². The summed E-state index contributed by atoms with van der Waals surface area (Å²) in [5.41, 5.74) is 12.9. The van der Waals surface area contributed by atoms with Gasteiger partial charge in [0.15, 0.2) is 0 Å². The molecule has 0 fully saturated rings. The van der Waals surface area contributed by atoms with Crippen LogP contribution in [-0.4, -0.2) is 5.11 Å². The van der Waals surface area contributed by atoms with Gasteiger partial charge in [0.05, 0.1) is 39.3 Å². The number of phenols is 1. The summed E-state index contributed by atoms with van der Waals surface area (Å²) in [5.74, 6) is -0.461. The average Bonchev–Trinajstić information content (AvgIpc) is 2.39. The summed E-state index contributed by atoms with van der Waals surface area (Å²) in [6.07, 6.45) is 0. The first-order valence-corrected chi connectivity index (χ1v) is 6.16. The Balaban J connectivity index is 2.61. The Morgan fingerprint density at radius 1 is 1.00 bits per heavy atom. The summed E-state index contributed by atoms with van der Waals surface area (Å²) in [6.45, 7) is 0. The second-order valence-electron chi connectivity index (χ2n) is 3.91. The lowest BCUT2D eigenvalue weighted by Crippen LogP contribution is -2.18. The molecule has 0 saturated carbocycles. The van der Waals surface area contributed by atoms with E-state index in [2.05, 4.69) is 0 Å². The number of thioether (sulfide) groups is 1. The zero-order chi connectivity index (χ0) is 14.0. The van der Waals surface area contributed by atoms with Crippen molar-refractivity contribution in [2.24, 2.45) is 11.5 Å². The van der Waals surface area contributed by atoms with Gasteiger partial charge in [-0.1, -0.05) is 23.9 Å². The molecule has 0 aromatic heterocycles. The van der Waals surface area contributed by atoms with Crippen LogP contribution in [-0.2, 0) is 0 Å². The van der Waals surface area contributed by atoms with Crippen LogP contribution in [0.15, 0.2) is 45.5 Å². The minimum atomic E-state index is -0.572. The molecule has 0 aliphatic carbocycles. The first-order valence-electron chi connectivity index (χ1n) is 5.34. The van der Waals surface area contributed by atoms with Crippen molar-refractivity contribution in [1.82, 2.24) is 0 Å². The van der Waals surface area contributed by atoms with Gasteiger partial charge in [-0.15, -0.1) is 0 Å². The van der Waals surface area contributed by atoms with Crippen molar-refractivity contribution >= 4 is 11.8 Å². The minimum absolute atomic E-state index is 0.111. The highest BCUT2D eigenvalue weighted by Crippen LogP contribution is 2.42. The summed E-state index contributed by atoms with van der Waals surface area (Å²) in [5, 5.41) is 28.4. The molecule has 1 aromatic rings. The molecule has 0 atom stereocenters. The topological polar surface area (TPSA) is 120 Å². The first kappa shape index (κ1) is 12.9. The number of aromatic hydroxyl groups is 1. The van der Waals surface area contributed by atoms with Gasteiger partial charge in [0.2, 0.25) is 0 Å². The molecule has 1 aromatic carbocycles. The smallest absolute Gasteiger partial charge is 0.115 e. The van der Waals surface area contributed by atoms with Gasteiger partial charge < -0.3 is 16.6 Å². The SMILES string of the molecule is N#CC1=C(N)SC(N)=C(C#N)C1c1ccc(O)cc1. The van der Waals surface area contributed by atoms with Gasteiger partial charge in [0, 0.05) is 0 Å². The second-order valence-corrected chi connectivity index (χ2v) is 4.99. The molecule has 5 nitrogen and oxygen atoms in total. The van der Waals surface area contributed by atoms with E-state index in [4.69, 9.17) is 11.5 Å². The fourth-order valence-electron chi connectivity index (χ4n) is 1.90. The lowest BCUT2D eigenvalue weighted by Gasteiger charge is -2.23. The Labute approximate surface area is 114 Å². The maximum Gasteiger partial charge on any atom is 0.115 e. The molecular weight excluding hydrogens is 260 g/mol.